The molecule has 0 saturated carbocycles. The molecular weight excluding hydrogens is 336 g/mol. The quantitative estimate of drug-likeness (QED) is 0.564. The van der Waals surface area contributed by atoms with Gasteiger partial charge in [0.1, 0.15) is 10.8 Å². The molecule has 1 N–H and O–H groups in total. The normalized spacial score (nSPS) is 11.3. The molecule has 0 aliphatic heterocycles. The van der Waals surface area contributed by atoms with Gasteiger partial charge in [-0.2, -0.15) is 5.26 Å². The summed E-state index contributed by atoms with van der Waals surface area (Å²) in [6, 6.07) is 16.1. The summed E-state index contributed by atoms with van der Waals surface area (Å²) in [5, 5.41) is 12.4. The molecule has 1 aromatic carbocycles. The van der Waals surface area contributed by atoms with Crippen LogP contribution in [0.1, 0.15) is 9.67 Å². The van der Waals surface area contributed by atoms with Gasteiger partial charge >= 0.3 is 0 Å². The molecule has 6 nitrogen and oxygen atoms in total. The van der Waals surface area contributed by atoms with Gasteiger partial charge in [0.05, 0.1) is 10.9 Å². The zero-order valence-electron chi connectivity index (χ0n) is 12.9. The molecule has 2 heterocycles. The van der Waals surface area contributed by atoms with Crippen LogP contribution < -0.4 is 5.32 Å². The molecule has 0 bridgehead atoms. The lowest BCUT2D eigenvalue weighted by atomic mass is 10.0. The number of hydrogen-bond acceptors (Lipinski definition) is 6. The number of amides is 1. The number of aromatic nitrogens is 2. The van der Waals surface area contributed by atoms with E-state index in [-0.39, 0.29) is 10.7 Å². The molecule has 7 heteroatoms. The molecule has 0 unspecified atom stereocenters. The lowest BCUT2D eigenvalue weighted by molar-refractivity contribution is -0.117. The van der Waals surface area contributed by atoms with E-state index < -0.39 is 17.6 Å². The van der Waals surface area contributed by atoms with Crippen LogP contribution in [0.3, 0.4) is 0 Å². The molecule has 3 aromatic rings. The second kappa shape index (κ2) is 7.47. The Morgan fingerprint density at radius 2 is 1.84 bits per heavy atom. The maximum absolute atomic E-state index is 12.5. The highest BCUT2D eigenvalue weighted by Crippen LogP contribution is 2.26. The first-order chi connectivity index (χ1) is 12.2. The minimum absolute atomic E-state index is 0.265. The van der Waals surface area contributed by atoms with E-state index in [9.17, 15) is 14.9 Å². The molecule has 0 spiro atoms. The Bertz CT molecular complexity index is 932. The first kappa shape index (κ1) is 16.5. The van der Waals surface area contributed by atoms with Crippen LogP contribution in [0.4, 0.5) is 5.82 Å². The number of rotatable bonds is 5. The van der Waals surface area contributed by atoms with Crippen molar-refractivity contribution in [2.45, 2.75) is 0 Å². The van der Waals surface area contributed by atoms with Gasteiger partial charge < -0.3 is 5.32 Å². The summed E-state index contributed by atoms with van der Waals surface area (Å²) in [5.74, 6) is -2.45. The Kier molecular flexibility index (Phi) is 4.92. The number of thiazole rings is 1. The summed E-state index contributed by atoms with van der Waals surface area (Å²) < 4.78 is 0. The first-order valence-electron chi connectivity index (χ1n) is 7.36. The summed E-state index contributed by atoms with van der Waals surface area (Å²) in [6.45, 7) is 0. The fourth-order valence-electron chi connectivity index (χ4n) is 2.12. The van der Waals surface area contributed by atoms with Gasteiger partial charge in [-0.25, -0.2) is 9.97 Å². The van der Waals surface area contributed by atoms with Crippen molar-refractivity contribution < 1.29 is 9.59 Å². The van der Waals surface area contributed by atoms with E-state index in [4.69, 9.17) is 0 Å². The monoisotopic (exact) mass is 348 g/mol. The van der Waals surface area contributed by atoms with Crippen molar-refractivity contribution in [3.05, 3.63) is 65.8 Å². The highest BCUT2D eigenvalue weighted by atomic mass is 32.1. The van der Waals surface area contributed by atoms with Gasteiger partial charge in [0.2, 0.25) is 5.78 Å². The number of ketones is 1. The van der Waals surface area contributed by atoms with Crippen LogP contribution in [-0.4, -0.2) is 21.7 Å². The predicted octanol–water partition coefficient (Wildman–Crippen LogP) is 3.17. The number of anilines is 1. The van der Waals surface area contributed by atoms with Crippen LogP contribution in [0.2, 0.25) is 0 Å². The first-order valence-corrected chi connectivity index (χ1v) is 8.17. The number of Topliss-reactive ketones (excluding diaryl/α,β-unsaturated/α-hetero) is 1. The summed E-state index contributed by atoms with van der Waals surface area (Å²) in [7, 11) is 0. The number of hydrogen-bond donors (Lipinski definition) is 1. The van der Waals surface area contributed by atoms with Gasteiger partial charge in [-0.1, -0.05) is 36.4 Å². The van der Waals surface area contributed by atoms with Crippen LogP contribution >= 0.6 is 11.3 Å². The Morgan fingerprint density at radius 3 is 2.52 bits per heavy atom. The Morgan fingerprint density at radius 1 is 1.08 bits per heavy atom. The van der Waals surface area contributed by atoms with Crippen molar-refractivity contribution in [2.75, 3.05) is 5.32 Å². The van der Waals surface area contributed by atoms with Gasteiger partial charge in [-0.05, 0) is 12.1 Å². The maximum atomic E-state index is 12.5. The number of carbonyl (C=O) groups is 2. The van der Waals surface area contributed by atoms with E-state index in [1.807, 2.05) is 30.3 Å². The summed E-state index contributed by atoms with van der Waals surface area (Å²) in [5.41, 5.74) is 0.873. The van der Waals surface area contributed by atoms with Gasteiger partial charge in [0.25, 0.3) is 5.91 Å². The Labute approximate surface area is 147 Å². The van der Waals surface area contributed by atoms with Crippen molar-refractivity contribution in [1.29, 1.82) is 5.26 Å². The zero-order valence-corrected chi connectivity index (χ0v) is 13.7. The van der Waals surface area contributed by atoms with E-state index >= 15 is 0 Å². The van der Waals surface area contributed by atoms with Gasteiger partial charge in [0, 0.05) is 18.0 Å². The van der Waals surface area contributed by atoms with Crippen LogP contribution in [0, 0.1) is 17.2 Å². The zero-order chi connectivity index (χ0) is 17.6. The Balaban J connectivity index is 1.78. The Hall–Kier alpha value is -3.37. The maximum Gasteiger partial charge on any atom is 0.250 e. The molecule has 0 aliphatic rings. The third-order valence-corrected chi connectivity index (χ3v) is 4.40. The van der Waals surface area contributed by atoms with E-state index in [2.05, 4.69) is 15.3 Å². The minimum Gasteiger partial charge on any atom is -0.309 e. The van der Waals surface area contributed by atoms with Crippen LogP contribution in [0.15, 0.2) is 60.9 Å². The van der Waals surface area contributed by atoms with E-state index in [0.29, 0.717) is 5.01 Å². The van der Waals surface area contributed by atoms with Gasteiger partial charge in [-0.15, -0.1) is 11.3 Å². The third kappa shape index (κ3) is 3.76. The lowest BCUT2D eigenvalue weighted by Crippen LogP contribution is -2.28. The van der Waals surface area contributed by atoms with Gasteiger partial charge in [0.15, 0.2) is 5.92 Å². The fourth-order valence-corrected chi connectivity index (χ4v) is 3.01. The number of pyridine rings is 1. The fraction of sp³-hybridized carbons (Fsp3) is 0.0556. The minimum atomic E-state index is -1.45. The second-order valence-electron chi connectivity index (χ2n) is 5.03. The number of carbonyl (C=O) groups excluding carboxylic acids is 2. The molecule has 25 heavy (non-hydrogen) atoms. The molecule has 0 radical (unpaired) electrons. The van der Waals surface area contributed by atoms with Crippen LogP contribution in [0.25, 0.3) is 10.6 Å². The van der Waals surface area contributed by atoms with Crippen LogP contribution in [0.5, 0.6) is 0 Å². The average molecular weight is 348 g/mol. The molecule has 0 aliphatic carbocycles. The van der Waals surface area contributed by atoms with E-state index in [1.165, 1.54) is 12.4 Å². The van der Waals surface area contributed by atoms with Crippen molar-refractivity contribution in [3.63, 3.8) is 0 Å². The molecule has 0 fully saturated rings. The molecule has 3 rings (SSSR count). The molecule has 1 atom stereocenters. The summed E-state index contributed by atoms with van der Waals surface area (Å²) in [6.07, 6.45) is 2.90. The summed E-state index contributed by atoms with van der Waals surface area (Å²) in [4.78, 5) is 33.2. The van der Waals surface area contributed by atoms with Crippen molar-refractivity contribution >= 4 is 28.8 Å². The lowest BCUT2D eigenvalue weighted by Gasteiger charge is -2.07. The van der Waals surface area contributed by atoms with E-state index in [0.717, 1.165) is 16.9 Å². The number of nitrogens with zero attached hydrogens (tertiary/aromatic N) is 3. The standard InChI is InChI=1S/C18H12N4O2S/c19-10-13(17(24)22-15-8-4-5-9-20-15)16(23)14-11-21-18(25-14)12-6-2-1-3-7-12/h1-9,11,13H,(H,20,22,24)/t13-/m0/s1. The van der Waals surface area contributed by atoms with Crippen LogP contribution in [-0.2, 0) is 4.79 Å². The van der Waals surface area contributed by atoms with Crippen molar-refractivity contribution in [1.82, 2.24) is 9.97 Å². The molecule has 0 saturated heterocycles. The van der Waals surface area contributed by atoms with Gasteiger partial charge in [-0.3, -0.25) is 9.59 Å². The topological polar surface area (TPSA) is 95.7 Å². The number of benzene rings is 1. The predicted molar refractivity (Wildman–Crippen MR) is 93.9 cm³/mol. The third-order valence-electron chi connectivity index (χ3n) is 3.34. The highest BCUT2D eigenvalue weighted by molar-refractivity contribution is 7.17. The number of nitrogens with one attached hydrogen (secondary N) is 1. The number of nitriles is 1. The highest BCUT2D eigenvalue weighted by Gasteiger charge is 2.29. The molecular formula is C18H12N4O2S. The molecule has 1 amide bonds. The molecule has 122 valence electrons. The van der Waals surface area contributed by atoms with Crippen molar-refractivity contribution in [3.8, 4) is 16.6 Å². The average Bonchev–Trinajstić information content (AvgIpc) is 3.14. The van der Waals surface area contributed by atoms with Crippen molar-refractivity contribution in [2.24, 2.45) is 5.92 Å². The second-order valence-corrected chi connectivity index (χ2v) is 6.06. The SMILES string of the molecule is N#C[C@H](C(=O)Nc1ccccn1)C(=O)c1cnc(-c2ccccc2)s1. The summed E-state index contributed by atoms with van der Waals surface area (Å²) >= 11 is 1.15. The largest absolute Gasteiger partial charge is 0.309 e. The molecule has 2 aromatic heterocycles. The van der Waals surface area contributed by atoms with E-state index in [1.54, 1.807) is 24.3 Å². The smallest absolute Gasteiger partial charge is 0.250 e.